The van der Waals surface area contributed by atoms with Gasteiger partial charge in [0.25, 0.3) is 0 Å². The zero-order valence-electron chi connectivity index (χ0n) is 12.6. The lowest BCUT2D eigenvalue weighted by atomic mass is 9.96. The van der Waals surface area contributed by atoms with Crippen LogP contribution in [-0.2, 0) is 0 Å². The van der Waals surface area contributed by atoms with Crippen LogP contribution in [0.4, 0.5) is 10.1 Å². The number of anilines is 1. The molecule has 1 aliphatic heterocycles. The van der Waals surface area contributed by atoms with Crippen LogP contribution in [0, 0.1) is 11.7 Å². The van der Waals surface area contributed by atoms with Crippen LogP contribution in [0.3, 0.4) is 0 Å². The van der Waals surface area contributed by atoms with E-state index in [9.17, 15) is 4.39 Å². The topological polar surface area (TPSA) is 65.1 Å². The predicted molar refractivity (Wildman–Crippen MR) is 82.4 cm³/mol. The summed E-state index contributed by atoms with van der Waals surface area (Å²) >= 11 is 0. The molecular weight excluding hydrogens is 271 g/mol. The van der Waals surface area contributed by atoms with Gasteiger partial charge in [0.2, 0.25) is 0 Å². The molecule has 2 rings (SSSR count). The van der Waals surface area contributed by atoms with Crippen LogP contribution in [0.2, 0.25) is 0 Å². The van der Waals surface area contributed by atoms with E-state index in [1.807, 2.05) is 11.9 Å². The Morgan fingerprint density at radius 2 is 2.14 bits per heavy atom. The van der Waals surface area contributed by atoms with E-state index < -0.39 is 0 Å². The molecule has 0 aromatic heterocycles. The first kappa shape index (κ1) is 15.6. The van der Waals surface area contributed by atoms with E-state index in [0.717, 1.165) is 32.5 Å². The molecule has 0 saturated carbocycles. The number of oxime groups is 1. The highest BCUT2D eigenvalue weighted by atomic mass is 19.1. The Hall–Kier alpha value is -1.82. The minimum atomic E-state index is -0.352. The van der Waals surface area contributed by atoms with E-state index in [2.05, 4.69) is 17.1 Å². The van der Waals surface area contributed by atoms with Crippen molar-refractivity contribution in [2.75, 3.05) is 38.6 Å². The van der Waals surface area contributed by atoms with Crippen molar-refractivity contribution in [1.29, 1.82) is 0 Å². The molecule has 21 heavy (non-hydrogen) atoms. The molecule has 0 amide bonds. The van der Waals surface area contributed by atoms with Gasteiger partial charge in [0.1, 0.15) is 5.82 Å². The first-order chi connectivity index (χ1) is 10.0. The summed E-state index contributed by atoms with van der Waals surface area (Å²) in [5.74, 6) is 0.155. The molecule has 1 aromatic carbocycles. The van der Waals surface area contributed by atoms with Crippen molar-refractivity contribution < 1.29 is 9.60 Å². The standard InChI is InChI=1S/C15H23FN4O/c1-19-7-5-11(6-8-19)10-20(2)14-4-3-12(9-13(14)16)15(17)18-21/h3-4,9,11,21H,5-8,10H2,1-2H3,(H2,17,18). The second-order valence-electron chi connectivity index (χ2n) is 5.78. The van der Waals surface area contributed by atoms with Gasteiger partial charge < -0.3 is 20.7 Å². The summed E-state index contributed by atoms with van der Waals surface area (Å²) < 4.78 is 14.2. The van der Waals surface area contributed by atoms with Gasteiger partial charge in [0.05, 0.1) is 5.69 Å². The van der Waals surface area contributed by atoms with Crippen LogP contribution in [0.1, 0.15) is 18.4 Å². The number of nitrogens with two attached hydrogens (primary N) is 1. The van der Waals surface area contributed by atoms with Gasteiger partial charge in [-0.1, -0.05) is 5.16 Å². The molecule has 0 spiro atoms. The zero-order chi connectivity index (χ0) is 15.4. The van der Waals surface area contributed by atoms with Crippen molar-refractivity contribution in [2.24, 2.45) is 16.8 Å². The van der Waals surface area contributed by atoms with E-state index in [0.29, 0.717) is 17.2 Å². The summed E-state index contributed by atoms with van der Waals surface area (Å²) in [7, 11) is 4.03. The number of amidine groups is 1. The maximum absolute atomic E-state index is 14.2. The monoisotopic (exact) mass is 294 g/mol. The quantitative estimate of drug-likeness (QED) is 0.384. The summed E-state index contributed by atoms with van der Waals surface area (Å²) in [5, 5.41) is 11.5. The molecule has 1 aromatic rings. The van der Waals surface area contributed by atoms with Crippen molar-refractivity contribution >= 4 is 11.5 Å². The summed E-state index contributed by atoms with van der Waals surface area (Å²) in [6, 6.07) is 4.64. The fraction of sp³-hybridized carbons (Fsp3) is 0.533. The van der Waals surface area contributed by atoms with Gasteiger partial charge in [0.15, 0.2) is 5.84 Å². The van der Waals surface area contributed by atoms with Crippen LogP contribution >= 0.6 is 0 Å². The van der Waals surface area contributed by atoms with Crippen molar-refractivity contribution in [1.82, 2.24) is 4.90 Å². The first-order valence-electron chi connectivity index (χ1n) is 7.18. The number of hydrogen-bond acceptors (Lipinski definition) is 4. The average Bonchev–Trinajstić information content (AvgIpc) is 2.48. The zero-order valence-corrected chi connectivity index (χ0v) is 12.6. The van der Waals surface area contributed by atoms with E-state index in [-0.39, 0.29) is 11.7 Å². The highest BCUT2D eigenvalue weighted by Crippen LogP contribution is 2.23. The predicted octanol–water partition coefficient (Wildman–Crippen LogP) is 1.70. The second kappa shape index (κ2) is 6.76. The molecule has 1 heterocycles. The van der Waals surface area contributed by atoms with E-state index in [4.69, 9.17) is 10.9 Å². The average molecular weight is 294 g/mol. The number of hydrogen-bond donors (Lipinski definition) is 2. The molecule has 0 aliphatic carbocycles. The van der Waals surface area contributed by atoms with Crippen molar-refractivity contribution in [3.63, 3.8) is 0 Å². The van der Waals surface area contributed by atoms with Crippen LogP contribution in [-0.4, -0.2) is 49.7 Å². The lowest BCUT2D eigenvalue weighted by molar-refractivity contribution is 0.222. The third-order valence-corrected chi connectivity index (χ3v) is 4.13. The summed E-state index contributed by atoms with van der Waals surface area (Å²) in [5.41, 5.74) is 6.39. The molecule has 0 radical (unpaired) electrons. The number of benzene rings is 1. The summed E-state index contributed by atoms with van der Waals surface area (Å²) in [6.45, 7) is 3.04. The molecule has 1 fully saturated rings. The largest absolute Gasteiger partial charge is 0.409 e. The third-order valence-electron chi connectivity index (χ3n) is 4.13. The minimum absolute atomic E-state index is 0.0848. The number of halogens is 1. The molecule has 0 atom stereocenters. The molecule has 1 aliphatic rings. The van der Waals surface area contributed by atoms with Crippen LogP contribution in [0.5, 0.6) is 0 Å². The molecule has 0 bridgehead atoms. The molecule has 5 nitrogen and oxygen atoms in total. The fourth-order valence-corrected chi connectivity index (χ4v) is 2.76. The van der Waals surface area contributed by atoms with Gasteiger partial charge in [0, 0.05) is 19.2 Å². The molecule has 0 unspecified atom stereocenters. The molecule has 6 heteroatoms. The Bertz CT molecular complexity index is 512. The Labute approximate surface area is 124 Å². The summed E-state index contributed by atoms with van der Waals surface area (Å²) in [4.78, 5) is 4.27. The number of likely N-dealkylation sites (tertiary alicyclic amines) is 1. The van der Waals surface area contributed by atoms with Crippen molar-refractivity contribution in [3.05, 3.63) is 29.6 Å². The first-order valence-corrected chi connectivity index (χ1v) is 7.18. The highest BCUT2D eigenvalue weighted by Gasteiger charge is 2.19. The lowest BCUT2D eigenvalue weighted by Gasteiger charge is -2.32. The van der Waals surface area contributed by atoms with Crippen molar-refractivity contribution in [3.8, 4) is 0 Å². The van der Waals surface area contributed by atoms with E-state index in [1.165, 1.54) is 6.07 Å². The van der Waals surface area contributed by atoms with Gasteiger partial charge in [-0.2, -0.15) is 0 Å². The van der Waals surface area contributed by atoms with Crippen LogP contribution < -0.4 is 10.6 Å². The number of rotatable bonds is 4. The van der Waals surface area contributed by atoms with Gasteiger partial charge in [-0.05, 0) is 57.1 Å². The molecule has 3 N–H and O–H groups in total. The van der Waals surface area contributed by atoms with E-state index in [1.54, 1.807) is 12.1 Å². The Kier molecular flexibility index (Phi) is 5.01. The van der Waals surface area contributed by atoms with Gasteiger partial charge in [-0.15, -0.1) is 0 Å². The van der Waals surface area contributed by atoms with E-state index >= 15 is 0 Å². The molecule has 116 valence electrons. The highest BCUT2D eigenvalue weighted by molar-refractivity contribution is 5.97. The van der Waals surface area contributed by atoms with Crippen LogP contribution in [0.15, 0.2) is 23.4 Å². The Balaban J connectivity index is 2.04. The van der Waals surface area contributed by atoms with Gasteiger partial charge in [-0.25, -0.2) is 4.39 Å². The SMILES string of the molecule is CN1CCC(CN(C)c2ccc(C(N)=NO)cc2F)CC1. The Morgan fingerprint density at radius 1 is 1.48 bits per heavy atom. The Morgan fingerprint density at radius 3 is 2.71 bits per heavy atom. The molecular formula is C15H23FN4O. The minimum Gasteiger partial charge on any atom is -0.409 e. The summed E-state index contributed by atoms with van der Waals surface area (Å²) in [6.07, 6.45) is 2.29. The van der Waals surface area contributed by atoms with Gasteiger partial charge >= 0.3 is 0 Å². The van der Waals surface area contributed by atoms with Gasteiger partial charge in [-0.3, -0.25) is 0 Å². The normalized spacial score (nSPS) is 18.0. The fourth-order valence-electron chi connectivity index (χ4n) is 2.76. The van der Waals surface area contributed by atoms with Crippen molar-refractivity contribution in [2.45, 2.75) is 12.8 Å². The van der Waals surface area contributed by atoms with Crippen LogP contribution in [0.25, 0.3) is 0 Å². The maximum atomic E-state index is 14.2. The number of piperidine rings is 1. The second-order valence-corrected chi connectivity index (χ2v) is 5.78. The molecule has 1 saturated heterocycles. The number of nitrogens with zero attached hydrogens (tertiary/aromatic N) is 3. The maximum Gasteiger partial charge on any atom is 0.170 e. The lowest BCUT2D eigenvalue weighted by Crippen LogP contribution is -2.36. The smallest absolute Gasteiger partial charge is 0.170 e. The third kappa shape index (κ3) is 3.85.